The Labute approximate surface area is 87.7 Å². The SMILES string of the molecule is C1=C\CCC/C=C/CCC\C=C/C=C/1. The summed E-state index contributed by atoms with van der Waals surface area (Å²) in [6.07, 6.45) is 25.0. The van der Waals surface area contributed by atoms with E-state index in [9.17, 15) is 0 Å². The Balaban J connectivity index is 2.35. The fourth-order valence-corrected chi connectivity index (χ4v) is 1.42. The van der Waals surface area contributed by atoms with Crippen LogP contribution in [0.4, 0.5) is 0 Å². The molecule has 0 aromatic carbocycles. The summed E-state index contributed by atoms with van der Waals surface area (Å²) < 4.78 is 0. The van der Waals surface area contributed by atoms with Gasteiger partial charge in [-0.05, 0) is 38.5 Å². The highest BCUT2D eigenvalue weighted by molar-refractivity contribution is 5.11. The standard InChI is InChI=1S/C14H20/c1-2-4-6-8-10-12-14-13-11-9-7-5-3-1/h1-6,13-14H,7-12H2/b2-1+,5-3-,6-4-,14-13+. The van der Waals surface area contributed by atoms with Gasteiger partial charge in [-0.1, -0.05) is 48.6 Å². The lowest BCUT2D eigenvalue weighted by Crippen LogP contribution is -1.72. The summed E-state index contributed by atoms with van der Waals surface area (Å²) >= 11 is 0. The Bertz CT molecular complexity index is 204. The highest BCUT2D eigenvalue weighted by Gasteiger charge is 1.82. The van der Waals surface area contributed by atoms with Crippen LogP contribution in [0, 0.1) is 0 Å². The van der Waals surface area contributed by atoms with E-state index in [0.717, 1.165) is 0 Å². The molecule has 1 aliphatic rings. The first kappa shape index (κ1) is 11.0. The van der Waals surface area contributed by atoms with Crippen LogP contribution in [0.15, 0.2) is 48.6 Å². The molecule has 0 aromatic heterocycles. The predicted octanol–water partition coefficient (Wildman–Crippen LogP) is 4.57. The van der Waals surface area contributed by atoms with Gasteiger partial charge in [-0.2, -0.15) is 0 Å². The topological polar surface area (TPSA) is 0 Å². The van der Waals surface area contributed by atoms with E-state index in [-0.39, 0.29) is 0 Å². The average Bonchev–Trinajstić information content (AvgIpc) is 2.22. The Morgan fingerprint density at radius 3 is 1.36 bits per heavy atom. The van der Waals surface area contributed by atoms with Crippen LogP contribution in [-0.2, 0) is 0 Å². The molecule has 0 spiro atoms. The molecule has 76 valence electrons. The van der Waals surface area contributed by atoms with Crippen molar-refractivity contribution in [2.24, 2.45) is 0 Å². The van der Waals surface area contributed by atoms with Crippen molar-refractivity contribution >= 4 is 0 Å². The van der Waals surface area contributed by atoms with Gasteiger partial charge in [0, 0.05) is 0 Å². The molecular weight excluding hydrogens is 168 g/mol. The molecule has 0 N–H and O–H groups in total. The maximum atomic E-state index is 2.32. The molecule has 14 heavy (non-hydrogen) atoms. The second-order valence-electron chi connectivity index (χ2n) is 3.57. The van der Waals surface area contributed by atoms with E-state index in [0.29, 0.717) is 0 Å². The van der Waals surface area contributed by atoms with Crippen molar-refractivity contribution in [2.75, 3.05) is 0 Å². The van der Waals surface area contributed by atoms with E-state index in [4.69, 9.17) is 0 Å². The van der Waals surface area contributed by atoms with Crippen LogP contribution in [0.25, 0.3) is 0 Å². The molecule has 0 saturated carbocycles. The summed E-state index contributed by atoms with van der Waals surface area (Å²) in [6.45, 7) is 0. The van der Waals surface area contributed by atoms with Crippen LogP contribution < -0.4 is 0 Å². The van der Waals surface area contributed by atoms with Crippen molar-refractivity contribution in [2.45, 2.75) is 38.5 Å². The highest BCUT2D eigenvalue weighted by Crippen LogP contribution is 2.03. The van der Waals surface area contributed by atoms with Gasteiger partial charge in [0.1, 0.15) is 0 Å². The van der Waals surface area contributed by atoms with Crippen LogP contribution in [0.3, 0.4) is 0 Å². The van der Waals surface area contributed by atoms with Gasteiger partial charge in [0.25, 0.3) is 0 Å². The van der Waals surface area contributed by atoms with E-state index < -0.39 is 0 Å². The Morgan fingerprint density at radius 1 is 0.429 bits per heavy atom. The largest absolute Gasteiger partial charge is 0.0885 e. The first-order valence-electron chi connectivity index (χ1n) is 5.63. The van der Waals surface area contributed by atoms with E-state index in [1.54, 1.807) is 0 Å². The lowest BCUT2D eigenvalue weighted by molar-refractivity contribution is 0.840. The Hall–Kier alpha value is -1.04. The number of hydrogen-bond donors (Lipinski definition) is 0. The molecule has 0 aromatic rings. The summed E-state index contributed by atoms with van der Waals surface area (Å²) in [5.74, 6) is 0. The van der Waals surface area contributed by atoms with Crippen molar-refractivity contribution in [3.8, 4) is 0 Å². The minimum Gasteiger partial charge on any atom is -0.0885 e. The quantitative estimate of drug-likeness (QED) is 0.489. The third-order valence-corrected chi connectivity index (χ3v) is 2.26. The lowest BCUT2D eigenvalue weighted by atomic mass is 10.1. The lowest BCUT2D eigenvalue weighted by Gasteiger charge is -1.92. The fraction of sp³-hybridized carbons (Fsp3) is 0.429. The zero-order chi connectivity index (χ0) is 9.90. The second-order valence-corrected chi connectivity index (χ2v) is 3.57. The molecule has 0 heteroatoms. The van der Waals surface area contributed by atoms with Gasteiger partial charge in [-0.3, -0.25) is 0 Å². The molecule has 1 aliphatic carbocycles. The van der Waals surface area contributed by atoms with Gasteiger partial charge >= 0.3 is 0 Å². The van der Waals surface area contributed by atoms with Gasteiger partial charge in [-0.25, -0.2) is 0 Å². The van der Waals surface area contributed by atoms with Gasteiger partial charge in [0.15, 0.2) is 0 Å². The molecular formula is C14H20. The number of rotatable bonds is 0. The second kappa shape index (κ2) is 8.55. The first-order valence-corrected chi connectivity index (χ1v) is 5.63. The third-order valence-electron chi connectivity index (χ3n) is 2.26. The van der Waals surface area contributed by atoms with Crippen molar-refractivity contribution in [1.29, 1.82) is 0 Å². The average molecular weight is 188 g/mol. The van der Waals surface area contributed by atoms with Gasteiger partial charge in [0.05, 0.1) is 0 Å². The molecule has 0 nitrogen and oxygen atoms in total. The van der Waals surface area contributed by atoms with Crippen LogP contribution in [0.5, 0.6) is 0 Å². The van der Waals surface area contributed by atoms with Gasteiger partial charge < -0.3 is 0 Å². The van der Waals surface area contributed by atoms with Crippen molar-refractivity contribution in [1.82, 2.24) is 0 Å². The van der Waals surface area contributed by atoms with Gasteiger partial charge in [0.2, 0.25) is 0 Å². The summed E-state index contributed by atoms with van der Waals surface area (Å²) in [5.41, 5.74) is 0. The van der Waals surface area contributed by atoms with E-state index in [1.807, 2.05) is 0 Å². The van der Waals surface area contributed by atoms with Crippen LogP contribution >= 0.6 is 0 Å². The summed E-state index contributed by atoms with van der Waals surface area (Å²) in [7, 11) is 0. The predicted molar refractivity (Wildman–Crippen MR) is 64.3 cm³/mol. The maximum absolute atomic E-state index is 2.32. The Morgan fingerprint density at radius 2 is 0.857 bits per heavy atom. The zero-order valence-corrected chi connectivity index (χ0v) is 8.86. The Kier molecular flexibility index (Phi) is 6.74. The molecule has 0 unspecified atom stereocenters. The maximum Gasteiger partial charge on any atom is -0.0345 e. The molecule has 0 radical (unpaired) electrons. The van der Waals surface area contributed by atoms with Crippen LogP contribution in [-0.4, -0.2) is 0 Å². The molecule has 0 aliphatic heterocycles. The van der Waals surface area contributed by atoms with E-state index >= 15 is 0 Å². The van der Waals surface area contributed by atoms with Crippen molar-refractivity contribution < 1.29 is 0 Å². The molecule has 0 heterocycles. The van der Waals surface area contributed by atoms with E-state index in [2.05, 4.69) is 48.6 Å². The number of allylic oxidation sites excluding steroid dienone is 8. The van der Waals surface area contributed by atoms with Gasteiger partial charge in [-0.15, -0.1) is 0 Å². The third kappa shape index (κ3) is 6.47. The van der Waals surface area contributed by atoms with E-state index in [1.165, 1.54) is 38.5 Å². The van der Waals surface area contributed by atoms with Crippen LogP contribution in [0.2, 0.25) is 0 Å². The minimum atomic E-state index is 1.19. The minimum absolute atomic E-state index is 1.19. The zero-order valence-electron chi connectivity index (χ0n) is 8.86. The van der Waals surface area contributed by atoms with Crippen molar-refractivity contribution in [3.63, 3.8) is 0 Å². The first-order chi connectivity index (χ1) is 7.00. The van der Waals surface area contributed by atoms with Crippen LogP contribution in [0.1, 0.15) is 38.5 Å². The number of hydrogen-bond acceptors (Lipinski definition) is 0. The summed E-state index contributed by atoms with van der Waals surface area (Å²) in [6, 6.07) is 0. The smallest absolute Gasteiger partial charge is 0.0345 e. The molecule has 0 bridgehead atoms. The molecule has 0 saturated heterocycles. The molecule has 0 atom stereocenters. The fourth-order valence-electron chi connectivity index (χ4n) is 1.42. The summed E-state index contributed by atoms with van der Waals surface area (Å²) in [4.78, 5) is 0. The monoisotopic (exact) mass is 188 g/mol. The molecule has 0 fully saturated rings. The van der Waals surface area contributed by atoms with Crippen molar-refractivity contribution in [3.05, 3.63) is 48.6 Å². The molecule has 1 rings (SSSR count). The summed E-state index contributed by atoms with van der Waals surface area (Å²) in [5, 5.41) is 0. The highest BCUT2D eigenvalue weighted by atomic mass is 13.9. The molecule has 0 amide bonds. The normalized spacial score (nSPS) is 28.6.